The Morgan fingerprint density at radius 2 is 0.555 bits per heavy atom. The molecule has 6 bridgehead atoms. The van der Waals surface area contributed by atoms with Crippen LogP contribution < -0.4 is 0 Å². The monoisotopic (exact) mass is 1570 g/mol. The standard InChI is InChI=1S/C16H26O2.2C12H22O2.C11H18O2.C10H18O2.C9H16O2.2C7H14O2.5C2H6/c1-4-14(17)18-15(2,3)16-8-11-5-12(9-16)7-13(6-11)10-16;2*1-4-11(13)14-12(2,3)10-8-6-5-7-9-10;1-3-10(12)13-11(2)7-8-4-5-9(11)6-8;1-3-9(11)12-10(2)7-5-4-6-8-10;1-3-8(10)11-9(2)6-4-5-7-9;2*1-5-6(8)9-7(2,3)4;5*1-2/h11-13H,4-10H2,1-3H3;2*10H,4-9H2,1-3H3;8-9H,3-7H2,1-2H3;3-8H2,1-2H3;3-7H2,1-2H3;2*5H2,1-4H3;5*1-2H3. The number of ether oxygens (including phenoxy) is 8. The molecule has 3 atom stereocenters. The maximum atomic E-state index is 11.7. The van der Waals surface area contributed by atoms with Crippen molar-refractivity contribution in [3.8, 4) is 0 Å². The first-order valence-electron chi connectivity index (χ1n) is 45.2. The minimum Gasteiger partial charge on any atom is -0.460 e. The van der Waals surface area contributed by atoms with Crippen LogP contribution in [0.15, 0.2) is 0 Å². The van der Waals surface area contributed by atoms with Gasteiger partial charge in [-0.2, -0.15) is 0 Å². The average molecular weight is 1570 g/mol. The van der Waals surface area contributed by atoms with E-state index in [9.17, 15) is 38.4 Å². The van der Waals surface area contributed by atoms with E-state index >= 15 is 0 Å². The van der Waals surface area contributed by atoms with Crippen molar-refractivity contribution in [3.05, 3.63) is 0 Å². The van der Waals surface area contributed by atoms with Gasteiger partial charge in [0, 0.05) is 56.8 Å². The van der Waals surface area contributed by atoms with Crippen LogP contribution in [-0.2, 0) is 76.3 Å². The summed E-state index contributed by atoms with van der Waals surface area (Å²) in [6.45, 7) is 64.6. The highest BCUT2D eigenvalue weighted by Crippen LogP contribution is 2.64. The first kappa shape index (κ1) is 112. The molecule has 16 nitrogen and oxygen atoms in total. The smallest absolute Gasteiger partial charge is 0.306 e. The summed E-state index contributed by atoms with van der Waals surface area (Å²) < 4.78 is 42.9. The molecule has 0 N–H and O–H groups in total. The minimum absolute atomic E-state index is 0.0317. The second-order valence-corrected chi connectivity index (χ2v) is 35.0. The molecule has 0 aromatic carbocycles. The summed E-state index contributed by atoms with van der Waals surface area (Å²) in [5.41, 5.74) is -1.54. The van der Waals surface area contributed by atoms with Gasteiger partial charge in [-0.1, -0.05) is 170 Å². The molecular formula is C94H180O16. The van der Waals surface area contributed by atoms with E-state index in [1.54, 1.807) is 13.8 Å². The van der Waals surface area contributed by atoms with Crippen LogP contribution in [-0.4, -0.2) is 92.6 Å². The van der Waals surface area contributed by atoms with Gasteiger partial charge in [-0.05, 0) is 287 Å². The largest absolute Gasteiger partial charge is 0.460 e. The van der Waals surface area contributed by atoms with Crippen LogP contribution in [0.1, 0.15) is 466 Å². The van der Waals surface area contributed by atoms with E-state index in [4.69, 9.17) is 37.9 Å². The Morgan fingerprint density at radius 3 is 0.809 bits per heavy atom. The molecule has 0 radical (unpaired) electrons. The van der Waals surface area contributed by atoms with Crippen LogP contribution in [0.5, 0.6) is 0 Å². The molecule has 10 rings (SSSR count). The van der Waals surface area contributed by atoms with Gasteiger partial charge in [0.25, 0.3) is 0 Å². The molecular weight excluding hydrogens is 1390 g/mol. The van der Waals surface area contributed by atoms with Gasteiger partial charge in [-0.15, -0.1) is 0 Å². The summed E-state index contributed by atoms with van der Waals surface area (Å²) in [5, 5.41) is 0. The molecule has 16 heteroatoms. The number of hydrogen-bond donors (Lipinski definition) is 0. The summed E-state index contributed by atoms with van der Waals surface area (Å²) in [5.74, 6) is 4.75. The molecule has 110 heavy (non-hydrogen) atoms. The Hall–Kier alpha value is -4.24. The maximum Gasteiger partial charge on any atom is 0.306 e. The van der Waals surface area contributed by atoms with Gasteiger partial charge in [0.05, 0.1) is 0 Å². The molecule has 0 saturated heterocycles. The lowest BCUT2D eigenvalue weighted by atomic mass is 9.46. The van der Waals surface area contributed by atoms with E-state index in [0.717, 1.165) is 55.8 Å². The molecule has 0 aromatic rings. The average Bonchev–Trinajstić information content (AvgIpc) is 0.906. The normalized spacial score (nSPS) is 23.4. The fourth-order valence-electron chi connectivity index (χ4n) is 17.0. The second-order valence-electron chi connectivity index (χ2n) is 35.0. The Labute approximate surface area is 678 Å². The molecule has 0 aliphatic heterocycles. The highest BCUT2D eigenvalue weighted by Gasteiger charge is 2.59. The third-order valence-corrected chi connectivity index (χ3v) is 22.5. The van der Waals surface area contributed by atoms with E-state index < -0.39 is 0 Å². The number of hydrogen-bond acceptors (Lipinski definition) is 16. The molecule has 10 aliphatic carbocycles. The topological polar surface area (TPSA) is 210 Å². The van der Waals surface area contributed by atoms with Gasteiger partial charge in [-0.25, -0.2) is 0 Å². The summed E-state index contributed by atoms with van der Waals surface area (Å²) in [7, 11) is 0. The van der Waals surface area contributed by atoms with E-state index in [1.807, 2.05) is 159 Å². The van der Waals surface area contributed by atoms with Crippen molar-refractivity contribution < 1.29 is 76.3 Å². The number of rotatable bonds is 17. The van der Waals surface area contributed by atoms with Crippen LogP contribution in [0, 0.1) is 46.8 Å². The Balaban J connectivity index is -0.000000579. The quantitative estimate of drug-likeness (QED) is 0.0979. The summed E-state index contributed by atoms with van der Waals surface area (Å²) >= 11 is 0. The third-order valence-electron chi connectivity index (χ3n) is 22.5. The van der Waals surface area contributed by atoms with E-state index in [-0.39, 0.29) is 98.0 Å². The molecule has 0 spiro atoms. The Bertz CT molecular complexity index is 2350. The van der Waals surface area contributed by atoms with Gasteiger partial charge in [0.2, 0.25) is 0 Å². The SMILES string of the molecule is CC.CC.CC.CC.CC.CCC(=O)OC(C)(C)C.CCC(=O)OC(C)(C)C.CCC(=O)OC(C)(C)C12CC3CC(CC(C3)C1)C2.CCC(=O)OC(C)(C)C1CCCCC1.CCC(=O)OC(C)(C)C1CCCCC1.CCC(=O)OC1(C)CC2CCC1C2.CCC(=O)OC1(C)CCCC1.CCC(=O)OC1(C)CCCCC1. The van der Waals surface area contributed by atoms with Crippen molar-refractivity contribution in [2.45, 2.75) is 511 Å². The van der Waals surface area contributed by atoms with E-state index in [2.05, 4.69) is 55.4 Å². The maximum absolute atomic E-state index is 11.7. The Morgan fingerprint density at radius 1 is 0.291 bits per heavy atom. The molecule has 0 amide bonds. The zero-order valence-corrected chi connectivity index (χ0v) is 78.2. The van der Waals surface area contributed by atoms with Crippen LogP contribution in [0.4, 0.5) is 0 Å². The highest BCUT2D eigenvalue weighted by molar-refractivity contribution is 5.72. The molecule has 3 unspecified atom stereocenters. The molecule has 10 saturated carbocycles. The van der Waals surface area contributed by atoms with Gasteiger partial charge in [-0.3, -0.25) is 38.4 Å². The zero-order chi connectivity index (χ0) is 86.0. The zero-order valence-electron chi connectivity index (χ0n) is 78.2. The van der Waals surface area contributed by atoms with Crippen molar-refractivity contribution >= 4 is 47.8 Å². The van der Waals surface area contributed by atoms with Gasteiger partial charge >= 0.3 is 47.8 Å². The van der Waals surface area contributed by atoms with Gasteiger partial charge in [0.15, 0.2) is 0 Å². The van der Waals surface area contributed by atoms with Crippen LogP contribution in [0.25, 0.3) is 0 Å². The van der Waals surface area contributed by atoms with Crippen LogP contribution in [0.2, 0.25) is 0 Å². The molecule has 10 aliphatic rings. The minimum atomic E-state index is -0.326. The Kier molecular flexibility index (Phi) is 58.8. The van der Waals surface area contributed by atoms with Crippen molar-refractivity contribution in [1.82, 2.24) is 0 Å². The number of carbonyl (C=O) groups excluding carboxylic acids is 8. The lowest BCUT2D eigenvalue weighted by Gasteiger charge is -2.61. The number of carbonyl (C=O) groups is 8. The molecule has 10 fully saturated rings. The summed E-state index contributed by atoms with van der Waals surface area (Å²) in [4.78, 5) is 88.6. The van der Waals surface area contributed by atoms with Crippen molar-refractivity contribution in [1.29, 1.82) is 0 Å². The number of fused-ring (bicyclic) bond motifs is 2. The fraction of sp³-hybridized carbons (Fsp3) is 0.915. The van der Waals surface area contributed by atoms with Crippen molar-refractivity contribution in [3.63, 3.8) is 0 Å². The fourth-order valence-corrected chi connectivity index (χ4v) is 17.0. The molecule has 652 valence electrons. The van der Waals surface area contributed by atoms with Crippen LogP contribution in [0.3, 0.4) is 0 Å². The lowest BCUT2D eigenvalue weighted by Crippen LogP contribution is -2.57. The summed E-state index contributed by atoms with van der Waals surface area (Å²) in [6.07, 6.45) is 40.0. The third kappa shape index (κ3) is 45.7. The highest BCUT2D eigenvalue weighted by atomic mass is 16.6. The lowest BCUT2D eigenvalue weighted by molar-refractivity contribution is -0.198. The van der Waals surface area contributed by atoms with Crippen molar-refractivity contribution in [2.75, 3.05) is 0 Å². The first-order chi connectivity index (χ1) is 51.4. The van der Waals surface area contributed by atoms with Crippen LogP contribution >= 0.6 is 0 Å². The summed E-state index contributed by atoms with van der Waals surface area (Å²) in [6, 6.07) is 0. The molecule has 0 heterocycles. The van der Waals surface area contributed by atoms with Crippen molar-refractivity contribution in [2.24, 2.45) is 46.8 Å². The first-order valence-corrected chi connectivity index (χ1v) is 45.2. The van der Waals surface area contributed by atoms with Gasteiger partial charge < -0.3 is 37.9 Å². The number of esters is 8. The van der Waals surface area contributed by atoms with E-state index in [1.165, 1.54) is 154 Å². The van der Waals surface area contributed by atoms with Gasteiger partial charge in [0.1, 0.15) is 44.8 Å². The predicted octanol–water partition coefficient (Wildman–Crippen LogP) is 26.6. The predicted molar refractivity (Wildman–Crippen MR) is 456 cm³/mol. The molecule has 0 aromatic heterocycles. The van der Waals surface area contributed by atoms with E-state index in [0.29, 0.717) is 69.1 Å². The second kappa shape index (κ2) is 57.7.